The Morgan fingerprint density at radius 1 is 1.82 bits per heavy atom. The van der Waals surface area contributed by atoms with Crippen LogP contribution in [0.25, 0.3) is 0 Å². The number of nitrogens with zero attached hydrogens (tertiary/aromatic N) is 1. The first kappa shape index (κ1) is 7.59. The highest BCUT2D eigenvalue weighted by Gasteiger charge is 2.04. The van der Waals surface area contributed by atoms with Crippen LogP contribution in [-0.4, -0.2) is 22.7 Å². The number of carbonyl (C=O) groups is 1. The Bertz CT molecular complexity index is 220. The van der Waals surface area contributed by atoms with Crippen molar-refractivity contribution < 1.29 is 14.3 Å². The van der Waals surface area contributed by atoms with Crippen molar-refractivity contribution in [2.24, 2.45) is 0 Å². The Balaban J connectivity index is 2.37. The lowest BCUT2D eigenvalue weighted by atomic mass is 10.9. The number of hydrogen-bond donors (Lipinski definition) is 1. The molecule has 1 rings (SSSR count). The maximum atomic E-state index is 10.6. The number of carbonyl (C=O) groups excluding carboxylic acids is 1. The van der Waals surface area contributed by atoms with Crippen LogP contribution in [0.2, 0.25) is 0 Å². The van der Waals surface area contributed by atoms with Crippen LogP contribution in [0.3, 0.4) is 0 Å². The first-order valence-corrected chi connectivity index (χ1v) is 3.17. The van der Waals surface area contributed by atoms with E-state index in [2.05, 4.69) is 19.4 Å². The molecule has 5 heteroatoms. The SMILES string of the molecule is CCOC(=O)Oc1ncc[nH]1. The van der Waals surface area contributed by atoms with Crippen LogP contribution < -0.4 is 4.74 Å². The second kappa shape index (κ2) is 3.60. The van der Waals surface area contributed by atoms with Gasteiger partial charge < -0.3 is 14.5 Å². The zero-order valence-electron chi connectivity index (χ0n) is 6.03. The Kier molecular flexibility index (Phi) is 2.48. The highest BCUT2D eigenvalue weighted by atomic mass is 16.7. The predicted octanol–water partition coefficient (Wildman–Crippen LogP) is 0.945. The summed E-state index contributed by atoms with van der Waals surface area (Å²) in [5.74, 6) is 0. The Morgan fingerprint density at radius 2 is 2.64 bits per heavy atom. The Labute approximate surface area is 63.3 Å². The van der Waals surface area contributed by atoms with Crippen molar-refractivity contribution in [1.29, 1.82) is 0 Å². The number of ether oxygens (including phenoxy) is 2. The van der Waals surface area contributed by atoms with E-state index in [9.17, 15) is 4.79 Å². The first-order chi connectivity index (χ1) is 5.33. The molecule has 0 amide bonds. The Hall–Kier alpha value is -1.52. The van der Waals surface area contributed by atoms with E-state index in [1.165, 1.54) is 6.20 Å². The minimum Gasteiger partial charge on any atom is -0.434 e. The quantitative estimate of drug-likeness (QED) is 0.647. The minimum absolute atomic E-state index is 0.142. The summed E-state index contributed by atoms with van der Waals surface area (Å²) in [4.78, 5) is 16.9. The van der Waals surface area contributed by atoms with E-state index in [1.54, 1.807) is 13.1 Å². The zero-order chi connectivity index (χ0) is 8.10. The number of nitrogens with one attached hydrogen (secondary N) is 1. The molecule has 0 saturated heterocycles. The molecule has 0 fully saturated rings. The van der Waals surface area contributed by atoms with Crippen LogP contribution in [-0.2, 0) is 4.74 Å². The molecule has 0 bridgehead atoms. The third-order valence-electron chi connectivity index (χ3n) is 0.915. The maximum Gasteiger partial charge on any atom is 0.516 e. The third-order valence-corrected chi connectivity index (χ3v) is 0.915. The van der Waals surface area contributed by atoms with Gasteiger partial charge in [0.05, 0.1) is 6.61 Å². The lowest BCUT2D eigenvalue weighted by Gasteiger charge is -1.98. The first-order valence-electron chi connectivity index (χ1n) is 3.17. The fraction of sp³-hybridized carbons (Fsp3) is 0.333. The summed E-state index contributed by atoms with van der Waals surface area (Å²) in [5.41, 5.74) is 0. The summed E-state index contributed by atoms with van der Waals surface area (Å²) >= 11 is 0. The van der Waals surface area contributed by atoms with Gasteiger partial charge in [-0.05, 0) is 6.92 Å². The molecule has 1 N–H and O–H groups in total. The van der Waals surface area contributed by atoms with Crippen LogP contribution in [0.5, 0.6) is 6.01 Å². The van der Waals surface area contributed by atoms with Gasteiger partial charge in [0.25, 0.3) is 0 Å². The van der Waals surface area contributed by atoms with E-state index in [-0.39, 0.29) is 6.01 Å². The minimum atomic E-state index is -0.748. The van der Waals surface area contributed by atoms with E-state index in [1.807, 2.05) is 0 Å². The number of hydrogen-bond acceptors (Lipinski definition) is 4. The Morgan fingerprint density at radius 3 is 3.18 bits per heavy atom. The number of imidazole rings is 1. The van der Waals surface area contributed by atoms with Gasteiger partial charge in [-0.25, -0.2) is 9.78 Å². The van der Waals surface area contributed by atoms with E-state index in [4.69, 9.17) is 0 Å². The number of H-pyrrole nitrogens is 1. The van der Waals surface area contributed by atoms with Gasteiger partial charge in [-0.3, -0.25) is 0 Å². The monoisotopic (exact) mass is 156 g/mol. The van der Waals surface area contributed by atoms with Crippen LogP contribution >= 0.6 is 0 Å². The molecule has 0 saturated carbocycles. The topological polar surface area (TPSA) is 64.2 Å². The molecule has 1 heterocycles. The van der Waals surface area contributed by atoms with Gasteiger partial charge in [-0.15, -0.1) is 0 Å². The lowest BCUT2D eigenvalue weighted by Crippen LogP contribution is -2.10. The highest BCUT2D eigenvalue weighted by molar-refractivity contribution is 5.62. The van der Waals surface area contributed by atoms with Gasteiger partial charge in [0.1, 0.15) is 0 Å². The van der Waals surface area contributed by atoms with E-state index in [0.29, 0.717) is 6.61 Å². The molecule has 0 atom stereocenters. The fourth-order valence-corrected chi connectivity index (χ4v) is 0.533. The molecule has 0 aromatic carbocycles. The zero-order valence-corrected chi connectivity index (χ0v) is 6.03. The third kappa shape index (κ3) is 2.29. The number of aromatic amines is 1. The van der Waals surface area contributed by atoms with Crippen molar-refractivity contribution in [1.82, 2.24) is 9.97 Å². The van der Waals surface area contributed by atoms with Gasteiger partial charge in [0.15, 0.2) is 0 Å². The second-order valence-electron chi connectivity index (χ2n) is 1.68. The fourth-order valence-electron chi connectivity index (χ4n) is 0.533. The smallest absolute Gasteiger partial charge is 0.434 e. The number of aromatic nitrogens is 2. The van der Waals surface area contributed by atoms with Gasteiger partial charge in [-0.1, -0.05) is 0 Å². The van der Waals surface area contributed by atoms with Crippen molar-refractivity contribution in [2.75, 3.05) is 6.61 Å². The molecule has 1 aromatic rings. The van der Waals surface area contributed by atoms with Crippen molar-refractivity contribution in [3.8, 4) is 6.01 Å². The van der Waals surface area contributed by atoms with Gasteiger partial charge in [0, 0.05) is 12.4 Å². The van der Waals surface area contributed by atoms with Crippen LogP contribution in [0, 0.1) is 0 Å². The van der Waals surface area contributed by atoms with Crippen molar-refractivity contribution >= 4 is 6.16 Å². The summed E-state index contributed by atoms with van der Waals surface area (Å²) in [6.07, 6.45) is 2.28. The maximum absolute atomic E-state index is 10.6. The molecular weight excluding hydrogens is 148 g/mol. The summed E-state index contributed by atoms with van der Waals surface area (Å²) < 4.78 is 9.06. The van der Waals surface area contributed by atoms with Crippen LogP contribution in [0.15, 0.2) is 12.4 Å². The predicted molar refractivity (Wildman–Crippen MR) is 36.2 cm³/mol. The summed E-state index contributed by atoms with van der Waals surface area (Å²) in [6.45, 7) is 1.99. The molecule has 5 nitrogen and oxygen atoms in total. The number of rotatable bonds is 2. The molecule has 0 aliphatic heterocycles. The molecule has 11 heavy (non-hydrogen) atoms. The standard InChI is InChI=1S/C6H8N2O3/c1-2-10-6(9)11-5-7-3-4-8-5/h3-4H,2H2,1H3,(H,7,8). The van der Waals surface area contributed by atoms with Crippen molar-refractivity contribution in [3.05, 3.63) is 12.4 Å². The normalized spacial score (nSPS) is 9.18. The van der Waals surface area contributed by atoms with Crippen LogP contribution in [0.1, 0.15) is 6.92 Å². The molecule has 0 spiro atoms. The van der Waals surface area contributed by atoms with Gasteiger partial charge in [0.2, 0.25) is 0 Å². The largest absolute Gasteiger partial charge is 0.516 e. The summed E-state index contributed by atoms with van der Waals surface area (Å²) in [7, 11) is 0. The van der Waals surface area contributed by atoms with Crippen molar-refractivity contribution in [3.63, 3.8) is 0 Å². The average Bonchev–Trinajstić information content (AvgIpc) is 2.40. The molecule has 0 aliphatic carbocycles. The molecule has 0 radical (unpaired) electrons. The van der Waals surface area contributed by atoms with E-state index < -0.39 is 6.16 Å². The average molecular weight is 156 g/mol. The molecule has 0 unspecified atom stereocenters. The van der Waals surface area contributed by atoms with E-state index >= 15 is 0 Å². The van der Waals surface area contributed by atoms with Gasteiger partial charge >= 0.3 is 12.2 Å². The molecule has 0 aliphatic rings. The highest BCUT2D eigenvalue weighted by Crippen LogP contribution is 1.99. The lowest BCUT2D eigenvalue weighted by molar-refractivity contribution is 0.101. The summed E-state index contributed by atoms with van der Waals surface area (Å²) in [5, 5.41) is 0. The summed E-state index contributed by atoms with van der Waals surface area (Å²) in [6, 6.07) is 0.142. The van der Waals surface area contributed by atoms with Gasteiger partial charge in [-0.2, -0.15) is 0 Å². The van der Waals surface area contributed by atoms with Crippen molar-refractivity contribution in [2.45, 2.75) is 6.92 Å². The van der Waals surface area contributed by atoms with E-state index in [0.717, 1.165) is 0 Å². The molecule has 60 valence electrons. The molecule has 1 aromatic heterocycles. The van der Waals surface area contributed by atoms with Crippen LogP contribution in [0.4, 0.5) is 4.79 Å². The molecular formula is C6H8N2O3. The second-order valence-corrected chi connectivity index (χ2v) is 1.68.